The molecule has 132 valence electrons. The lowest BCUT2D eigenvalue weighted by Crippen LogP contribution is -2.19. The topological polar surface area (TPSA) is 73.1 Å². The molecule has 1 fully saturated rings. The van der Waals surface area contributed by atoms with Crippen molar-refractivity contribution in [1.29, 1.82) is 0 Å². The first kappa shape index (κ1) is 16.5. The molecule has 1 aliphatic carbocycles. The van der Waals surface area contributed by atoms with E-state index < -0.39 is 0 Å². The van der Waals surface area contributed by atoms with Crippen LogP contribution in [-0.4, -0.2) is 16.0 Å². The van der Waals surface area contributed by atoms with E-state index in [0.717, 1.165) is 18.0 Å². The van der Waals surface area contributed by atoms with Gasteiger partial charge in [0.05, 0.1) is 24.6 Å². The molecule has 0 radical (unpaired) electrons. The molecular weight excluding hydrogens is 324 g/mol. The lowest BCUT2D eigenvalue weighted by atomic mass is 10.1. The molecule has 3 aromatic rings. The molecule has 1 aromatic heterocycles. The second-order valence-corrected chi connectivity index (χ2v) is 6.61. The standard InChI is InChI=1S/C21H22N4O/c22-17-11-24-21(25-12-17)13-23-20-10-19(20)16-6-8-18(9-7-16)26-14-15-4-2-1-3-5-15/h1-9,11-12,19-20,23H,10,13-14,22H2/t19-,20+/m0/s1. The zero-order valence-corrected chi connectivity index (χ0v) is 14.5. The van der Waals surface area contributed by atoms with Gasteiger partial charge in [0.15, 0.2) is 0 Å². The van der Waals surface area contributed by atoms with E-state index >= 15 is 0 Å². The van der Waals surface area contributed by atoms with Crippen molar-refractivity contribution < 1.29 is 4.74 Å². The summed E-state index contributed by atoms with van der Waals surface area (Å²) in [4.78, 5) is 8.44. The number of nitrogens with one attached hydrogen (secondary N) is 1. The molecule has 5 nitrogen and oxygen atoms in total. The highest BCUT2D eigenvalue weighted by Gasteiger charge is 2.37. The minimum absolute atomic E-state index is 0.479. The summed E-state index contributed by atoms with van der Waals surface area (Å²) >= 11 is 0. The Hall–Kier alpha value is -2.92. The molecule has 2 aromatic carbocycles. The number of ether oxygens (including phenoxy) is 1. The average molecular weight is 346 g/mol. The SMILES string of the molecule is Nc1cnc(CN[C@@H]2C[C@H]2c2ccc(OCc3ccccc3)cc2)nc1. The van der Waals surface area contributed by atoms with Crippen LogP contribution in [0.5, 0.6) is 5.75 Å². The molecule has 0 unspecified atom stereocenters. The third-order valence-electron chi connectivity index (χ3n) is 4.59. The Morgan fingerprint density at radius 1 is 1.00 bits per heavy atom. The maximum atomic E-state index is 5.85. The Kier molecular flexibility index (Phi) is 4.80. The lowest BCUT2D eigenvalue weighted by Gasteiger charge is -2.08. The van der Waals surface area contributed by atoms with Gasteiger partial charge in [-0.15, -0.1) is 0 Å². The van der Waals surface area contributed by atoms with Gasteiger partial charge in [-0.2, -0.15) is 0 Å². The third-order valence-corrected chi connectivity index (χ3v) is 4.59. The van der Waals surface area contributed by atoms with Crippen LogP contribution in [0.25, 0.3) is 0 Å². The average Bonchev–Trinajstić information content (AvgIpc) is 3.47. The number of nitrogens with zero attached hydrogens (tertiary/aromatic N) is 2. The Morgan fingerprint density at radius 3 is 2.46 bits per heavy atom. The zero-order valence-electron chi connectivity index (χ0n) is 14.5. The minimum Gasteiger partial charge on any atom is -0.489 e. The summed E-state index contributed by atoms with van der Waals surface area (Å²) in [7, 11) is 0. The van der Waals surface area contributed by atoms with E-state index in [0.29, 0.717) is 30.8 Å². The maximum absolute atomic E-state index is 5.85. The van der Waals surface area contributed by atoms with E-state index in [-0.39, 0.29) is 0 Å². The molecule has 4 rings (SSSR count). The third kappa shape index (κ3) is 4.18. The van der Waals surface area contributed by atoms with Crippen molar-refractivity contribution in [2.45, 2.75) is 31.5 Å². The van der Waals surface area contributed by atoms with E-state index in [1.807, 2.05) is 18.2 Å². The van der Waals surface area contributed by atoms with Crippen molar-refractivity contribution >= 4 is 5.69 Å². The number of hydrogen-bond donors (Lipinski definition) is 2. The Labute approximate surface area is 153 Å². The largest absolute Gasteiger partial charge is 0.489 e. The van der Waals surface area contributed by atoms with Gasteiger partial charge in [0.2, 0.25) is 0 Å². The van der Waals surface area contributed by atoms with E-state index in [4.69, 9.17) is 10.5 Å². The Bertz CT molecular complexity index is 834. The van der Waals surface area contributed by atoms with E-state index in [2.05, 4.69) is 51.7 Å². The maximum Gasteiger partial charge on any atom is 0.142 e. The number of aromatic nitrogens is 2. The molecule has 0 amide bonds. The zero-order chi connectivity index (χ0) is 17.8. The molecule has 1 aliphatic rings. The smallest absolute Gasteiger partial charge is 0.142 e. The van der Waals surface area contributed by atoms with Gasteiger partial charge in [0, 0.05) is 12.0 Å². The summed E-state index contributed by atoms with van der Waals surface area (Å²) in [6.07, 6.45) is 4.42. The molecule has 0 spiro atoms. The molecule has 1 saturated carbocycles. The normalized spacial score (nSPS) is 18.5. The van der Waals surface area contributed by atoms with Crippen LogP contribution in [-0.2, 0) is 13.2 Å². The highest BCUT2D eigenvalue weighted by atomic mass is 16.5. The molecule has 3 N–H and O–H groups in total. The highest BCUT2D eigenvalue weighted by Crippen LogP contribution is 2.41. The fraction of sp³-hybridized carbons (Fsp3) is 0.238. The van der Waals surface area contributed by atoms with E-state index in [1.54, 1.807) is 12.4 Å². The number of anilines is 1. The van der Waals surface area contributed by atoms with Gasteiger partial charge >= 0.3 is 0 Å². The minimum atomic E-state index is 0.479. The first-order valence-electron chi connectivity index (χ1n) is 8.84. The Balaban J connectivity index is 1.26. The highest BCUT2D eigenvalue weighted by molar-refractivity contribution is 5.34. The van der Waals surface area contributed by atoms with Crippen molar-refractivity contribution in [1.82, 2.24) is 15.3 Å². The van der Waals surface area contributed by atoms with Crippen LogP contribution in [0.1, 0.15) is 29.3 Å². The van der Waals surface area contributed by atoms with Gasteiger partial charge in [-0.1, -0.05) is 42.5 Å². The van der Waals surface area contributed by atoms with Crippen molar-refractivity contribution in [3.8, 4) is 5.75 Å². The molecule has 26 heavy (non-hydrogen) atoms. The van der Waals surface area contributed by atoms with Crippen molar-refractivity contribution in [2.24, 2.45) is 0 Å². The van der Waals surface area contributed by atoms with E-state index in [1.165, 1.54) is 11.1 Å². The molecule has 1 heterocycles. The molecule has 5 heteroatoms. The fourth-order valence-electron chi connectivity index (χ4n) is 3.02. The number of nitrogen functional groups attached to an aromatic ring is 1. The second kappa shape index (κ2) is 7.54. The number of benzene rings is 2. The molecule has 0 aliphatic heterocycles. The Morgan fingerprint density at radius 2 is 1.73 bits per heavy atom. The van der Waals surface area contributed by atoms with Crippen molar-refractivity contribution in [3.05, 3.63) is 83.9 Å². The second-order valence-electron chi connectivity index (χ2n) is 6.61. The molecule has 2 atom stereocenters. The summed E-state index contributed by atoms with van der Waals surface area (Å²) in [6, 6.07) is 19.1. The first-order chi connectivity index (χ1) is 12.8. The van der Waals surface area contributed by atoms with Crippen LogP contribution in [0.2, 0.25) is 0 Å². The first-order valence-corrected chi connectivity index (χ1v) is 8.84. The predicted molar refractivity (Wildman–Crippen MR) is 102 cm³/mol. The molecule has 0 saturated heterocycles. The summed E-state index contributed by atoms with van der Waals surface area (Å²) in [5.41, 5.74) is 8.71. The van der Waals surface area contributed by atoms with E-state index in [9.17, 15) is 0 Å². The summed E-state index contributed by atoms with van der Waals surface area (Å²) in [5.74, 6) is 2.22. The monoisotopic (exact) mass is 346 g/mol. The number of nitrogens with two attached hydrogens (primary N) is 1. The van der Waals surface area contributed by atoms with Crippen LogP contribution >= 0.6 is 0 Å². The quantitative estimate of drug-likeness (QED) is 0.687. The summed E-state index contributed by atoms with van der Waals surface area (Å²) in [6.45, 7) is 1.26. The molecule has 0 bridgehead atoms. The lowest BCUT2D eigenvalue weighted by molar-refractivity contribution is 0.306. The van der Waals surface area contributed by atoms with Crippen LogP contribution in [0.4, 0.5) is 5.69 Å². The van der Waals surface area contributed by atoms with Gasteiger partial charge in [0.25, 0.3) is 0 Å². The molecular formula is C21H22N4O. The summed E-state index contributed by atoms with van der Waals surface area (Å²) < 4.78 is 5.85. The number of rotatable bonds is 7. The van der Waals surface area contributed by atoms with Gasteiger partial charge in [-0.25, -0.2) is 9.97 Å². The van der Waals surface area contributed by atoms with Crippen LogP contribution in [0, 0.1) is 0 Å². The fourth-order valence-corrected chi connectivity index (χ4v) is 3.02. The van der Waals surface area contributed by atoms with Crippen molar-refractivity contribution in [2.75, 3.05) is 5.73 Å². The van der Waals surface area contributed by atoms with Crippen molar-refractivity contribution in [3.63, 3.8) is 0 Å². The van der Waals surface area contributed by atoms with Gasteiger partial charge in [-0.3, -0.25) is 0 Å². The summed E-state index contributed by atoms with van der Waals surface area (Å²) in [5, 5.41) is 3.51. The van der Waals surface area contributed by atoms with Crippen LogP contribution < -0.4 is 15.8 Å². The number of hydrogen-bond acceptors (Lipinski definition) is 5. The van der Waals surface area contributed by atoms with Crippen LogP contribution in [0.15, 0.2) is 67.0 Å². The predicted octanol–water partition coefficient (Wildman–Crippen LogP) is 3.28. The van der Waals surface area contributed by atoms with Crippen LogP contribution in [0.3, 0.4) is 0 Å². The van der Waals surface area contributed by atoms with Gasteiger partial charge in [0.1, 0.15) is 18.2 Å². The van der Waals surface area contributed by atoms with Gasteiger partial charge < -0.3 is 15.8 Å². The van der Waals surface area contributed by atoms with Gasteiger partial charge in [-0.05, 0) is 29.7 Å².